The molecule has 0 aliphatic heterocycles. The fraction of sp³-hybridized carbons (Fsp3) is 0.250. The minimum Gasteiger partial charge on any atom is -0.362 e. The van der Waals surface area contributed by atoms with Crippen molar-refractivity contribution in [3.8, 4) is 0 Å². The van der Waals surface area contributed by atoms with E-state index in [0.717, 1.165) is 10.8 Å². The predicted octanol–water partition coefficient (Wildman–Crippen LogP) is 2.14. The summed E-state index contributed by atoms with van der Waals surface area (Å²) in [5.74, 6) is 0.846. The van der Waals surface area contributed by atoms with Gasteiger partial charge in [-0.25, -0.2) is 4.98 Å². The number of aromatic nitrogens is 3. The van der Waals surface area contributed by atoms with Gasteiger partial charge in [-0.05, 0) is 0 Å². The van der Waals surface area contributed by atoms with Crippen LogP contribution in [-0.4, -0.2) is 14.8 Å². The summed E-state index contributed by atoms with van der Waals surface area (Å²) < 4.78 is 2.46. The quantitative estimate of drug-likeness (QED) is 0.876. The van der Waals surface area contributed by atoms with Crippen molar-refractivity contribution in [1.82, 2.24) is 14.8 Å². The number of nitrogens with zero attached hydrogens (tertiary/aromatic N) is 3. The number of nitrogens with one attached hydrogen (secondary N) is 1. The summed E-state index contributed by atoms with van der Waals surface area (Å²) in [7, 11) is 1.88. The summed E-state index contributed by atoms with van der Waals surface area (Å²) in [4.78, 5) is 4.13. The van der Waals surface area contributed by atoms with Gasteiger partial charge in [0.05, 0.1) is 12.7 Å². The van der Waals surface area contributed by atoms with Crippen LogP contribution in [0.3, 0.4) is 0 Å². The molecule has 1 N–H and O–H groups in total. The highest BCUT2D eigenvalue weighted by atomic mass is 35.5. The Labute approximate surface area is 90.5 Å². The van der Waals surface area contributed by atoms with Crippen molar-refractivity contribution < 1.29 is 0 Å². The summed E-state index contributed by atoms with van der Waals surface area (Å²) in [6, 6.07) is 1.91. The topological polar surface area (TPSA) is 42.7 Å². The van der Waals surface area contributed by atoms with Gasteiger partial charge >= 0.3 is 0 Å². The zero-order chi connectivity index (χ0) is 9.97. The fourth-order valence-corrected chi connectivity index (χ4v) is 1.94. The molecule has 0 radical (unpaired) electrons. The summed E-state index contributed by atoms with van der Waals surface area (Å²) in [6.07, 6.45) is 3.54. The van der Waals surface area contributed by atoms with Gasteiger partial charge in [-0.1, -0.05) is 11.6 Å². The first-order valence-corrected chi connectivity index (χ1v) is 5.27. The number of aryl methyl sites for hydroxylation is 1. The van der Waals surface area contributed by atoms with E-state index in [4.69, 9.17) is 11.6 Å². The molecule has 0 aromatic carbocycles. The van der Waals surface area contributed by atoms with Gasteiger partial charge in [0.1, 0.15) is 15.2 Å². The zero-order valence-electron chi connectivity index (χ0n) is 7.57. The van der Waals surface area contributed by atoms with Crippen LogP contribution in [0.1, 0.15) is 5.01 Å². The molecule has 0 fully saturated rings. The second kappa shape index (κ2) is 3.98. The lowest BCUT2D eigenvalue weighted by Crippen LogP contribution is -2.00. The van der Waals surface area contributed by atoms with Crippen molar-refractivity contribution >= 4 is 28.8 Å². The normalized spacial score (nSPS) is 10.4. The molecular formula is C8H9ClN4S. The molecule has 0 saturated heterocycles. The molecule has 0 spiro atoms. The number of thiazole rings is 1. The first-order chi connectivity index (χ1) is 6.74. The third-order valence-corrected chi connectivity index (χ3v) is 2.77. The Morgan fingerprint density at radius 2 is 2.50 bits per heavy atom. The molecule has 14 heavy (non-hydrogen) atoms. The lowest BCUT2D eigenvalue weighted by Gasteiger charge is -1.97. The standard InChI is InChI=1S/C8H9ClN4S/c1-13-3-2-7(12-13)10-5-8-11-4-6(9)14-8/h2-4H,5H2,1H3,(H,10,12). The molecule has 0 bridgehead atoms. The van der Waals surface area contributed by atoms with Crippen molar-refractivity contribution in [2.75, 3.05) is 5.32 Å². The van der Waals surface area contributed by atoms with Gasteiger partial charge in [-0.2, -0.15) is 5.10 Å². The molecular weight excluding hydrogens is 220 g/mol. The highest BCUT2D eigenvalue weighted by molar-refractivity contribution is 7.15. The van der Waals surface area contributed by atoms with E-state index < -0.39 is 0 Å². The van der Waals surface area contributed by atoms with Crippen LogP contribution in [-0.2, 0) is 13.6 Å². The highest BCUT2D eigenvalue weighted by Gasteiger charge is 2.00. The van der Waals surface area contributed by atoms with E-state index in [1.54, 1.807) is 10.9 Å². The van der Waals surface area contributed by atoms with E-state index in [2.05, 4.69) is 15.4 Å². The van der Waals surface area contributed by atoms with E-state index in [9.17, 15) is 0 Å². The average Bonchev–Trinajstić information content (AvgIpc) is 2.72. The molecule has 74 valence electrons. The molecule has 0 unspecified atom stereocenters. The smallest absolute Gasteiger partial charge is 0.148 e. The summed E-state index contributed by atoms with van der Waals surface area (Å²) in [5, 5.41) is 8.29. The Hall–Kier alpha value is -1.07. The van der Waals surface area contributed by atoms with E-state index >= 15 is 0 Å². The third kappa shape index (κ3) is 2.24. The van der Waals surface area contributed by atoms with E-state index in [-0.39, 0.29) is 0 Å². The minimum atomic E-state index is 0.661. The Kier molecular flexibility index (Phi) is 2.69. The van der Waals surface area contributed by atoms with E-state index in [1.807, 2.05) is 19.3 Å². The van der Waals surface area contributed by atoms with Crippen molar-refractivity contribution in [2.24, 2.45) is 7.05 Å². The lowest BCUT2D eigenvalue weighted by atomic mass is 10.6. The molecule has 0 saturated carbocycles. The van der Waals surface area contributed by atoms with Gasteiger partial charge in [0.2, 0.25) is 0 Å². The van der Waals surface area contributed by atoms with Gasteiger partial charge in [0.25, 0.3) is 0 Å². The largest absolute Gasteiger partial charge is 0.362 e. The molecule has 6 heteroatoms. The van der Waals surface area contributed by atoms with Crippen LogP contribution in [0.25, 0.3) is 0 Å². The number of hydrogen-bond acceptors (Lipinski definition) is 4. The Bertz CT molecular complexity index is 382. The maximum Gasteiger partial charge on any atom is 0.148 e. The van der Waals surface area contributed by atoms with Gasteiger partial charge in [0, 0.05) is 19.3 Å². The predicted molar refractivity (Wildman–Crippen MR) is 57.7 cm³/mol. The van der Waals surface area contributed by atoms with Crippen LogP contribution >= 0.6 is 22.9 Å². The maximum absolute atomic E-state index is 5.75. The van der Waals surface area contributed by atoms with Crippen LogP contribution in [0.15, 0.2) is 18.5 Å². The summed E-state index contributed by atoms with van der Waals surface area (Å²) in [6.45, 7) is 0.661. The van der Waals surface area contributed by atoms with Crippen molar-refractivity contribution in [1.29, 1.82) is 0 Å². The third-order valence-electron chi connectivity index (χ3n) is 1.66. The molecule has 2 aromatic rings. The molecule has 0 aliphatic rings. The molecule has 4 nitrogen and oxygen atoms in total. The average molecular weight is 229 g/mol. The Balaban J connectivity index is 1.94. The monoisotopic (exact) mass is 228 g/mol. The summed E-state index contributed by atoms with van der Waals surface area (Å²) >= 11 is 7.23. The van der Waals surface area contributed by atoms with Crippen molar-refractivity contribution in [3.05, 3.63) is 27.8 Å². The van der Waals surface area contributed by atoms with Crippen molar-refractivity contribution in [3.63, 3.8) is 0 Å². The van der Waals surface area contributed by atoms with Gasteiger partial charge < -0.3 is 5.32 Å². The molecule has 2 aromatic heterocycles. The highest BCUT2D eigenvalue weighted by Crippen LogP contribution is 2.18. The van der Waals surface area contributed by atoms with E-state index in [1.165, 1.54) is 11.3 Å². The van der Waals surface area contributed by atoms with Gasteiger partial charge in [-0.3, -0.25) is 4.68 Å². The van der Waals surface area contributed by atoms with Crippen molar-refractivity contribution in [2.45, 2.75) is 6.54 Å². The molecule has 2 rings (SSSR count). The Morgan fingerprint density at radius 1 is 1.64 bits per heavy atom. The molecule has 2 heterocycles. The Morgan fingerprint density at radius 3 is 3.07 bits per heavy atom. The molecule has 0 aliphatic carbocycles. The van der Waals surface area contributed by atoms with Crippen LogP contribution < -0.4 is 5.32 Å². The molecule has 0 amide bonds. The maximum atomic E-state index is 5.75. The fourth-order valence-electron chi connectivity index (χ4n) is 1.05. The summed E-state index contributed by atoms with van der Waals surface area (Å²) in [5.41, 5.74) is 0. The van der Waals surface area contributed by atoms with Gasteiger partial charge in [-0.15, -0.1) is 11.3 Å². The first kappa shape index (κ1) is 9.48. The second-order valence-corrected chi connectivity index (χ2v) is 4.53. The second-order valence-electron chi connectivity index (χ2n) is 2.79. The van der Waals surface area contributed by atoms with Crippen LogP contribution in [0, 0.1) is 0 Å². The minimum absolute atomic E-state index is 0.661. The van der Waals surface area contributed by atoms with Crippen LogP contribution in [0.4, 0.5) is 5.82 Å². The number of hydrogen-bond donors (Lipinski definition) is 1. The number of halogens is 1. The number of anilines is 1. The van der Waals surface area contributed by atoms with Gasteiger partial charge in [0.15, 0.2) is 0 Å². The van der Waals surface area contributed by atoms with E-state index in [0.29, 0.717) is 10.9 Å². The SMILES string of the molecule is Cn1ccc(NCc2ncc(Cl)s2)n1. The number of rotatable bonds is 3. The van der Waals surface area contributed by atoms with Crippen LogP contribution in [0.2, 0.25) is 4.34 Å². The molecule has 0 atom stereocenters. The first-order valence-electron chi connectivity index (χ1n) is 4.08. The zero-order valence-corrected chi connectivity index (χ0v) is 9.14. The lowest BCUT2D eigenvalue weighted by molar-refractivity contribution is 0.768. The van der Waals surface area contributed by atoms with Crippen LogP contribution in [0.5, 0.6) is 0 Å².